The van der Waals surface area contributed by atoms with Gasteiger partial charge in [0.1, 0.15) is 6.04 Å². The van der Waals surface area contributed by atoms with Crippen LogP contribution in [-0.2, 0) is 4.79 Å². The van der Waals surface area contributed by atoms with E-state index in [1.165, 1.54) is 20.0 Å². The van der Waals surface area contributed by atoms with Crippen molar-refractivity contribution < 1.29 is 23.8 Å². The number of ether oxygens (including phenoxy) is 1. The van der Waals surface area contributed by atoms with Gasteiger partial charge in [-0.2, -0.15) is 0 Å². The Morgan fingerprint density at radius 3 is 2.85 bits per heavy atom. The van der Waals surface area contributed by atoms with Crippen LogP contribution in [0.3, 0.4) is 0 Å². The molecule has 7 heteroatoms. The molecule has 0 saturated heterocycles. The number of hydrogen-bond donors (Lipinski definition) is 3. The van der Waals surface area contributed by atoms with Gasteiger partial charge < -0.3 is 24.9 Å². The van der Waals surface area contributed by atoms with E-state index in [1.807, 2.05) is 6.07 Å². The summed E-state index contributed by atoms with van der Waals surface area (Å²) >= 11 is 0. The summed E-state index contributed by atoms with van der Waals surface area (Å²) in [6, 6.07) is 6.09. The van der Waals surface area contributed by atoms with Crippen molar-refractivity contribution in [1.29, 1.82) is 0 Å². The Balaban J connectivity index is 1.43. The number of rotatable bonds is 6. The van der Waals surface area contributed by atoms with E-state index in [1.54, 1.807) is 18.2 Å². The van der Waals surface area contributed by atoms with Crippen molar-refractivity contribution in [1.82, 2.24) is 10.6 Å². The van der Waals surface area contributed by atoms with E-state index < -0.39 is 18.6 Å². The highest BCUT2D eigenvalue weighted by atomic mass is 16.5. The fourth-order valence-corrected chi connectivity index (χ4v) is 4.44. The first-order valence-electron chi connectivity index (χ1n) is 9.37. The number of para-hydroxylation sites is 1. The Hall–Kier alpha value is -2.54. The van der Waals surface area contributed by atoms with E-state index in [-0.39, 0.29) is 17.7 Å². The second kappa shape index (κ2) is 7.23. The monoisotopic (exact) mass is 372 g/mol. The zero-order valence-electron chi connectivity index (χ0n) is 15.2. The number of nitrogens with one attached hydrogen (secondary N) is 2. The van der Waals surface area contributed by atoms with E-state index >= 15 is 0 Å². The molecule has 3 N–H and O–H groups in total. The molecule has 7 nitrogen and oxygen atoms in total. The Labute approximate surface area is 157 Å². The second-order valence-electron chi connectivity index (χ2n) is 7.49. The molecule has 27 heavy (non-hydrogen) atoms. The molecule has 2 amide bonds. The molecule has 4 rings (SSSR count). The molecule has 2 saturated carbocycles. The minimum atomic E-state index is -1.01. The van der Waals surface area contributed by atoms with Crippen LogP contribution in [0, 0.1) is 11.8 Å². The number of hydrogen-bond acceptors (Lipinski definition) is 5. The standard InChI is InChI=1S/C20H24N2O5/c1-26-16-4-2-3-13-9-17(27-18(13)16)20(25)22-15(10-23)19(24)21-14-8-11-5-6-12(14)7-11/h2-4,9,11-12,14-15,23H,5-8,10H2,1H3,(H,21,24)(H,22,25). The summed E-state index contributed by atoms with van der Waals surface area (Å²) < 4.78 is 10.8. The van der Waals surface area contributed by atoms with Gasteiger partial charge in [-0.15, -0.1) is 0 Å². The summed E-state index contributed by atoms with van der Waals surface area (Å²) in [6.07, 6.45) is 4.55. The first kappa shape index (κ1) is 17.9. The highest BCUT2D eigenvalue weighted by Gasteiger charge is 2.40. The number of fused-ring (bicyclic) bond motifs is 3. The summed E-state index contributed by atoms with van der Waals surface area (Å²) in [4.78, 5) is 25.0. The molecular formula is C20H24N2O5. The molecule has 2 aromatic rings. The van der Waals surface area contributed by atoms with Gasteiger partial charge in [0.15, 0.2) is 17.1 Å². The number of furan rings is 1. The topological polar surface area (TPSA) is 101 Å². The number of carbonyl (C=O) groups excluding carboxylic acids is 2. The highest BCUT2D eigenvalue weighted by molar-refractivity contribution is 5.99. The van der Waals surface area contributed by atoms with Crippen molar-refractivity contribution in [3.8, 4) is 5.75 Å². The molecule has 0 aliphatic heterocycles. The molecule has 2 fully saturated rings. The average Bonchev–Trinajstić information content (AvgIpc) is 3.40. The molecule has 1 heterocycles. The minimum absolute atomic E-state index is 0.0701. The SMILES string of the molecule is COc1cccc2cc(C(=O)NC(CO)C(=O)NC3CC4CCC3C4)oc12. The quantitative estimate of drug-likeness (QED) is 0.718. The van der Waals surface area contributed by atoms with Gasteiger partial charge in [0.2, 0.25) is 5.91 Å². The van der Waals surface area contributed by atoms with Crippen LogP contribution in [-0.4, -0.2) is 42.7 Å². The Morgan fingerprint density at radius 1 is 1.33 bits per heavy atom. The lowest BCUT2D eigenvalue weighted by molar-refractivity contribution is -0.124. The summed E-state index contributed by atoms with van der Waals surface area (Å²) in [5.74, 6) is 0.928. The maximum Gasteiger partial charge on any atom is 0.287 e. The lowest BCUT2D eigenvalue weighted by Crippen LogP contribution is -2.52. The van der Waals surface area contributed by atoms with Gasteiger partial charge in [0, 0.05) is 11.4 Å². The van der Waals surface area contributed by atoms with Crippen molar-refractivity contribution in [2.75, 3.05) is 13.7 Å². The molecule has 0 radical (unpaired) electrons. The minimum Gasteiger partial charge on any atom is -0.493 e. The Kier molecular flexibility index (Phi) is 4.78. The second-order valence-corrected chi connectivity index (χ2v) is 7.49. The number of aliphatic hydroxyl groups excluding tert-OH is 1. The van der Waals surface area contributed by atoms with E-state index in [0.717, 1.165) is 18.2 Å². The van der Waals surface area contributed by atoms with Gasteiger partial charge in [0.05, 0.1) is 13.7 Å². The van der Waals surface area contributed by atoms with Gasteiger partial charge in [-0.05, 0) is 43.2 Å². The van der Waals surface area contributed by atoms with Crippen LogP contribution in [0.25, 0.3) is 11.0 Å². The molecular weight excluding hydrogens is 348 g/mol. The molecule has 144 valence electrons. The highest BCUT2D eigenvalue weighted by Crippen LogP contribution is 2.44. The molecule has 2 aliphatic rings. The van der Waals surface area contributed by atoms with Gasteiger partial charge in [-0.3, -0.25) is 9.59 Å². The normalized spacial score (nSPS) is 24.7. The predicted octanol–water partition coefficient (Wildman–Crippen LogP) is 1.84. The molecule has 0 spiro atoms. The smallest absolute Gasteiger partial charge is 0.287 e. The van der Waals surface area contributed by atoms with Crippen molar-refractivity contribution in [2.24, 2.45) is 11.8 Å². The van der Waals surface area contributed by atoms with Gasteiger partial charge in [-0.1, -0.05) is 18.6 Å². The maximum atomic E-state index is 12.5. The zero-order valence-corrected chi connectivity index (χ0v) is 15.2. The van der Waals surface area contributed by atoms with Crippen molar-refractivity contribution in [3.63, 3.8) is 0 Å². The first-order valence-corrected chi connectivity index (χ1v) is 9.37. The zero-order chi connectivity index (χ0) is 19.0. The van der Waals surface area contributed by atoms with Crippen molar-refractivity contribution >= 4 is 22.8 Å². The van der Waals surface area contributed by atoms with Crippen LogP contribution >= 0.6 is 0 Å². The van der Waals surface area contributed by atoms with Crippen LogP contribution in [0.1, 0.15) is 36.2 Å². The summed E-state index contributed by atoms with van der Waals surface area (Å²) in [5, 5.41) is 15.9. The number of benzene rings is 1. The molecule has 2 bridgehead atoms. The lowest BCUT2D eigenvalue weighted by Gasteiger charge is -2.25. The van der Waals surface area contributed by atoms with E-state index in [4.69, 9.17) is 9.15 Å². The Morgan fingerprint density at radius 2 is 2.19 bits per heavy atom. The third-order valence-electron chi connectivity index (χ3n) is 5.82. The molecule has 1 aromatic heterocycles. The largest absolute Gasteiger partial charge is 0.493 e. The summed E-state index contributed by atoms with van der Waals surface area (Å²) in [7, 11) is 1.53. The van der Waals surface area contributed by atoms with E-state index in [0.29, 0.717) is 23.2 Å². The number of methoxy groups -OCH3 is 1. The van der Waals surface area contributed by atoms with Crippen LogP contribution < -0.4 is 15.4 Å². The Bertz CT molecular complexity index is 861. The number of amides is 2. The number of carbonyl (C=O) groups is 2. The molecule has 1 aromatic carbocycles. The molecule has 4 atom stereocenters. The molecule has 4 unspecified atom stereocenters. The maximum absolute atomic E-state index is 12.5. The average molecular weight is 372 g/mol. The molecule has 2 aliphatic carbocycles. The fourth-order valence-electron chi connectivity index (χ4n) is 4.44. The van der Waals surface area contributed by atoms with Crippen LogP contribution in [0.15, 0.2) is 28.7 Å². The first-order chi connectivity index (χ1) is 13.1. The van der Waals surface area contributed by atoms with Crippen molar-refractivity contribution in [3.05, 3.63) is 30.0 Å². The van der Waals surface area contributed by atoms with Gasteiger partial charge >= 0.3 is 0 Å². The fraction of sp³-hybridized carbons (Fsp3) is 0.500. The van der Waals surface area contributed by atoms with E-state index in [2.05, 4.69) is 10.6 Å². The van der Waals surface area contributed by atoms with Gasteiger partial charge in [-0.25, -0.2) is 0 Å². The van der Waals surface area contributed by atoms with Crippen molar-refractivity contribution in [2.45, 2.75) is 37.8 Å². The lowest BCUT2D eigenvalue weighted by atomic mass is 9.95. The van der Waals surface area contributed by atoms with Gasteiger partial charge in [0.25, 0.3) is 5.91 Å². The third kappa shape index (κ3) is 3.39. The van der Waals surface area contributed by atoms with Crippen LogP contribution in [0.2, 0.25) is 0 Å². The van der Waals surface area contributed by atoms with E-state index in [9.17, 15) is 14.7 Å². The number of aliphatic hydroxyl groups is 1. The van der Waals surface area contributed by atoms with Crippen LogP contribution in [0.5, 0.6) is 5.75 Å². The predicted molar refractivity (Wildman–Crippen MR) is 98.5 cm³/mol. The summed E-state index contributed by atoms with van der Waals surface area (Å²) in [5.41, 5.74) is 0.470. The summed E-state index contributed by atoms with van der Waals surface area (Å²) in [6.45, 7) is -0.470. The third-order valence-corrected chi connectivity index (χ3v) is 5.82. The van der Waals surface area contributed by atoms with Crippen LogP contribution in [0.4, 0.5) is 0 Å².